The molecule has 0 bridgehead atoms. The van der Waals surface area contributed by atoms with Crippen LogP contribution in [-0.2, 0) is 0 Å². The number of carbonyl (C=O) groups is 1. The van der Waals surface area contributed by atoms with Gasteiger partial charge in [0.25, 0.3) is 5.91 Å². The van der Waals surface area contributed by atoms with Gasteiger partial charge >= 0.3 is 0 Å². The molecular weight excluding hydrogens is 400 g/mol. The Morgan fingerprint density at radius 1 is 1.38 bits per heavy atom. The van der Waals surface area contributed by atoms with Crippen molar-refractivity contribution in [2.24, 2.45) is 5.10 Å². The Kier molecular flexibility index (Phi) is 6.05. The maximum Gasteiger partial charge on any atom is 0.275 e. The van der Waals surface area contributed by atoms with E-state index in [0.717, 1.165) is 0 Å². The first kappa shape index (κ1) is 18.1. The molecule has 0 aliphatic carbocycles. The zero-order chi connectivity index (χ0) is 17.7. The van der Waals surface area contributed by atoms with Gasteiger partial charge in [0.05, 0.1) is 22.9 Å². The van der Waals surface area contributed by atoms with Crippen molar-refractivity contribution in [3.8, 4) is 17.2 Å². The van der Waals surface area contributed by atoms with E-state index in [1.165, 1.54) is 24.4 Å². The van der Waals surface area contributed by atoms with E-state index in [1.807, 2.05) is 0 Å². The van der Waals surface area contributed by atoms with E-state index in [2.05, 4.69) is 26.5 Å². The fourth-order valence-electron chi connectivity index (χ4n) is 1.85. The zero-order valence-electron chi connectivity index (χ0n) is 12.6. The number of hydrogen-bond acceptors (Lipinski definition) is 5. The molecule has 6 nitrogen and oxygen atoms in total. The van der Waals surface area contributed by atoms with Crippen LogP contribution in [0.1, 0.15) is 22.8 Å². The maximum atomic E-state index is 12.0. The van der Waals surface area contributed by atoms with E-state index in [-0.39, 0.29) is 17.1 Å². The Morgan fingerprint density at radius 2 is 2.12 bits per heavy atom. The van der Waals surface area contributed by atoms with Crippen LogP contribution in [0.15, 0.2) is 39.9 Å². The van der Waals surface area contributed by atoms with Crippen molar-refractivity contribution in [1.29, 1.82) is 0 Å². The van der Waals surface area contributed by atoms with Crippen molar-refractivity contribution >= 4 is 39.7 Å². The average molecular weight is 414 g/mol. The number of hydrogen-bond donors (Lipinski definition) is 3. The number of halogens is 2. The molecule has 0 heterocycles. The van der Waals surface area contributed by atoms with Gasteiger partial charge in [-0.15, -0.1) is 0 Å². The second-order valence-electron chi connectivity index (χ2n) is 4.64. The van der Waals surface area contributed by atoms with Crippen molar-refractivity contribution in [3.05, 3.63) is 51.0 Å². The minimum absolute atomic E-state index is 0.0121. The first-order chi connectivity index (χ1) is 11.4. The monoisotopic (exact) mass is 412 g/mol. The summed E-state index contributed by atoms with van der Waals surface area (Å²) in [6, 6.07) is 7.33. The summed E-state index contributed by atoms with van der Waals surface area (Å²) in [6.45, 7) is 2.19. The number of phenols is 2. The standard InChI is InChI=1S/C16H14BrClN2O4/c1-2-24-14-6-9(5-12(17)15(14)22)8-19-20-16(23)11-7-10(18)3-4-13(11)21/h3-8,21-22H,2H2,1H3,(H,20,23). The largest absolute Gasteiger partial charge is 0.507 e. The van der Waals surface area contributed by atoms with Crippen LogP contribution in [0.3, 0.4) is 0 Å². The van der Waals surface area contributed by atoms with E-state index in [1.54, 1.807) is 19.1 Å². The summed E-state index contributed by atoms with van der Waals surface area (Å²) in [7, 11) is 0. The Morgan fingerprint density at radius 3 is 2.83 bits per heavy atom. The number of amides is 1. The van der Waals surface area contributed by atoms with Gasteiger partial charge < -0.3 is 14.9 Å². The van der Waals surface area contributed by atoms with Crippen LogP contribution in [-0.4, -0.2) is 28.9 Å². The molecule has 0 fully saturated rings. The van der Waals surface area contributed by atoms with Gasteiger partial charge in [-0.3, -0.25) is 4.79 Å². The molecule has 2 aromatic rings. The number of nitrogens with one attached hydrogen (secondary N) is 1. The van der Waals surface area contributed by atoms with Crippen LogP contribution >= 0.6 is 27.5 Å². The fraction of sp³-hybridized carbons (Fsp3) is 0.125. The summed E-state index contributed by atoms with van der Waals surface area (Å²) in [6.07, 6.45) is 1.38. The van der Waals surface area contributed by atoms with Crippen molar-refractivity contribution < 1.29 is 19.7 Å². The first-order valence-corrected chi connectivity index (χ1v) is 8.06. The van der Waals surface area contributed by atoms with Crippen LogP contribution in [0.2, 0.25) is 5.02 Å². The van der Waals surface area contributed by atoms with Gasteiger partial charge in [-0.05, 0) is 58.7 Å². The van der Waals surface area contributed by atoms with Gasteiger partial charge in [0.15, 0.2) is 11.5 Å². The smallest absolute Gasteiger partial charge is 0.275 e. The Labute approximate surface area is 151 Å². The molecule has 0 saturated heterocycles. The predicted molar refractivity (Wildman–Crippen MR) is 95.2 cm³/mol. The lowest BCUT2D eigenvalue weighted by molar-refractivity contribution is 0.0952. The van der Waals surface area contributed by atoms with Crippen molar-refractivity contribution in [3.63, 3.8) is 0 Å². The van der Waals surface area contributed by atoms with Crippen molar-refractivity contribution in [2.45, 2.75) is 6.92 Å². The maximum absolute atomic E-state index is 12.0. The number of phenolic OH excluding ortho intramolecular Hbond substituents is 2. The molecule has 24 heavy (non-hydrogen) atoms. The second kappa shape index (κ2) is 8.03. The van der Waals surface area contributed by atoms with E-state index >= 15 is 0 Å². The average Bonchev–Trinajstić information content (AvgIpc) is 2.54. The van der Waals surface area contributed by atoms with Gasteiger partial charge in [-0.2, -0.15) is 5.10 Å². The molecule has 0 saturated carbocycles. The molecule has 3 N–H and O–H groups in total. The number of ether oxygens (including phenoxy) is 1. The van der Waals surface area contributed by atoms with Gasteiger partial charge in [0.1, 0.15) is 5.75 Å². The highest BCUT2D eigenvalue weighted by atomic mass is 79.9. The molecule has 126 valence electrons. The number of rotatable bonds is 5. The van der Waals surface area contributed by atoms with Crippen LogP contribution in [0, 0.1) is 0 Å². The molecule has 0 unspecified atom stereocenters. The third kappa shape index (κ3) is 4.39. The summed E-state index contributed by atoms with van der Waals surface area (Å²) < 4.78 is 5.75. The molecule has 0 aromatic heterocycles. The molecule has 0 aliphatic rings. The number of aromatic hydroxyl groups is 2. The highest BCUT2D eigenvalue weighted by molar-refractivity contribution is 9.10. The van der Waals surface area contributed by atoms with Crippen LogP contribution in [0.4, 0.5) is 0 Å². The Hall–Kier alpha value is -2.25. The molecule has 0 atom stereocenters. The summed E-state index contributed by atoms with van der Waals surface area (Å²) in [5, 5.41) is 23.7. The van der Waals surface area contributed by atoms with Crippen LogP contribution in [0.5, 0.6) is 17.2 Å². The quantitative estimate of drug-likeness (QED) is 0.515. The van der Waals surface area contributed by atoms with Gasteiger partial charge in [-0.1, -0.05) is 11.6 Å². The molecule has 0 aliphatic heterocycles. The second-order valence-corrected chi connectivity index (χ2v) is 5.93. The third-order valence-corrected chi connectivity index (χ3v) is 3.77. The molecule has 1 amide bonds. The topological polar surface area (TPSA) is 91.2 Å². The molecule has 2 aromatic carbocycles. The number of hydrazone groups is 1. The summed E-state index contributed by atoms with van der Waals surface area (Å²) >= 11 is 9.01. The summed E-state index contributed by atoms with van der Waals surface area (Å²) in [5.74, 6) is -0.513. The molecule has 0 spiro atoms. The van der Waals surface area contributed by atoms with E-state index in [4.69, 9.17) is 16.3 Å². The van der Waals surface area contributed by atoms with E-state index < -0.39 is 5.91 Å². The van der Waals surface area contributed by atoms with E-state index in [0.29, 0.717) is 27.4 Å². The number of carbonyl (C=O) groups excluding carboxylic acids is 1. The van der Waals surface area contributed by atoms with Gasteiger partial charge in [0.2, 0.25) is 0 Å². The van der Waals surface area contributed by atoms with Crippen molar-refractivity contribution in [2.75, 3.05) is 6.61 Å². The van der Waals surface area contributed by atoms with E-state index in [9.17, 15) is 15.0 Å². The minimum atomic E-state index is -0.603. The van der Waals surface area contributed by atoms with Crippen molar-refractivity contribution in [1.82, 2.24) is 5.43 Å². The first-order valence-electron chi connectivity index (χ1n) is 6.89. The fourth-order valence-corrected chi connectivity index (χ4v) is 2.48. The van der Waals surface area contributed by atoms with Crippen LogP contribution in [0.25, 0.3) is 0 Å². The molecule has 0 radical (unpaired) electrons. The van der Waals surface area contributed by atoms with Gasteiger partial charge in [-0.25, -0.2) is 5.43 Å². The molecule has 8 heteroatoms. The number of benzene rings is 2. The highest BCUT2D eigenvalue weighted by Crippen LogP contribution is 2.35. The zero-order valence-corrected chi connectivity index (χ0v) is 14.9. The summed E-state index contributed by atoms with van der Waals surface area (Å²) in [5.41, 5.74) is 2.91. The number of nitrogens with zero attached hydrogens (tertiary/aromatic N) is 1. The highest BCUT2D eigenvalue weighted by Gasteiger charge is 2.11. The summed E-state index contributed by atoms with van der Waals surface area (Å²) in [4.78, 5) is 12.0. The lowest BCUT2D eigenvalue weighted by Gasteiger charge is -2.08. The van der Waals surface area contributed by atoms with Crippen LogP contribution < -0.4 is 10.2 Å². The van der Waals surface area contributed by atoms with Gasteiger partial charge in [0, 0.05) is 5.02 Å². The predicted octanol–water partition coefficient (Wildman–Crippen LogP) is 3.68. The third-order valence-electron chi connectivity index (χ3n) is 2.93. The Bertz CT molecular complexity index is 796. The SMILES string of the molecule is CCOc1cc(C=NNC(=O)c2cc(Cl)ccc2O)cc(Br)c1O. The molecular formula is C16H14BrClN2O4. The minimum Gasteiger partial charge on any atom is -0.507 e. The molecule has 2 rings (SSSR count). The Balaban J connectivity index is 2.14. The lowest BCUT2D eigenvalue weighted by Crippen LogP contribution is -2.17. The normalized spacial score (nSPS) is 10.8. The lowest BCUT2D eigenvalue weighted by atomic mass is 10.2.